The van der Waals surface area contributed by atoms with Crippen molar-refractivity contribution in [2.45, 2.75) is 52.2 Å². The standard InChI is InChI=1S/C9H18O/c1-4-5-6-7(2)9-8(3)10-9/h7-9H,4-6H2,1-3H3. The van der Waals surface area contributed by atoms with Gasteiger partial charge in [-0.25, -0.2) is 0 Å². The molecule has 1 rings (SSSR count). The lowest BCUT2D eigenvalue weighted by Gasteiger charge is -2.05. The normalized spacial score (nSPS) is 33.9. The molecule has 0 saturated carbocycles. The third-order valence-electron chi connectivity index (χ3n) is 2.33. The third-order valence-corrected chi connectivity index (χ3v) is 2.33. The van der Waals surface area contributed by atoms with E-state index in [1.165, 1.54) is 19.3 Å². The van der Waals surface area contributed by atoms with E-state index < -0.39 is 0 Å². The summed E-state index contributed by atoms with van der Waals surface area (Å²) in [6.45, 7) is 6.70. The number of hydrogen-bond acceptors (Lipinski definition) is 1. The van der Waals surface area contributed by atoms with Crippen LogP contribution in [0.5, 0.6) is 0 Å². The largest absolute Gasteiger partial charge is 0.370 e. The van der Waals surface area contributed by atoms with Crippen LogP contribution in [0, 0.1) is 5.92 Å². The summed E-state index contributed by atoms with van der Waals surface area (Å²) in [5.74, 6) is 0.787. The fourth-order valence-electron chi connectivity index (χ4n) is 1.49. The van der Waals surface area contributed by atoms with Crippen LogP contribution in [-0.4, -0.2) is 12.2 Å². The Labute approximate surface area is 63.8 Å². The van der Waals surface area contributed by atoms with Crippen molar-refractivity contribution < 1.29 is 4.74 Å². The van der Waals surface area contributed by atoms with Gasteiger partial charge in [-0.2, -0.15) is 0 Å². The van der Waals surface area contributed by atoms with E-state index in [9.17, 15) is 0 Å². The third kappa shape index (κ3) is 1.98. The van der Waals surface area contributed by atoms with Crippen LogP contribution in [0.3, 0.4) is 0 Å². The molecule has 1 nitrogen and oxygen atoms in total. The second-order valence-corrected chi connectivity index (χ2v) is 3.43. The Balaban J connectivity index is 2.04. The fourth-order valence-corrected chi connectivity index (χ4v) is 1.49. The average Bonchev–Trinajstić information content (AvgIpc) is 2.62. The molecule has 0 radical (unpaired) electrons. The summed E-state index contributed by atoms with van der Waals surface area (Å²) in [5, 5.41) is 0. The molecule has 0 aliphatic carbocycles. The highest BCUT2D eigenvalue weighted by Gasteiger charge is 2.38. The van der Waals surface area contributed by atoms with Gasteiger partial charge in [-0.15, -0.1) is 0 Å². The number of ether oxygens (including phenoxy) is 1. The summed E-state index contributed by atoms with van der Waals surface area (Å²) in [6, 6.07) is 0. The molecule has 0 bridgehead atoms. The Hall–Kier alpha value is -0.0400. The molecule has 60 valence electrons. The van der Waals surface area contributed by atoms with Gasteiger partial charge in [0.1, 0.15) is 0 Å². The first-order valence-electron chi connectivity index (χ1n) is 4.41. The molecule has 3 atom stereocenters. The lowest BCUT2D eigenvalue weighted by atomic mass is 9.99. The van der Waals surface area contributed by atoms with Gasteiger partial charge in [0.15, 0.2) is 0 Å². The van der Waals surface area contributed by atoms with Crippen LogP contribution in [0.15, 0.2) is 0 Å². The number of hydrogen-bond donors (Lipinski definition) is 0. The predicted molar refractivity (Wildman–Crippen MR) is 43.0 cm³/mol. The second-order valence-electron chi connectivity index (χ2n) is 3.43. The summed E-state index contributed by atoms with van der Waals surface area (Å²) >= 11 is 0. The zero-order valence-electron chi connectivity index (χ0n) is 7.26. The summed E-state index contributed by atoms with van der Waals surface area (Å²) in [5.41, 5.74) is 0. The molecule has 0 spiro atoms. The highest BCUT2D eigenvalue weighted by molar-refractivity contribution is 4.84. The van der Waals surface area contributed by atoms with Gasteiger partial charge in [0.05, 0.1) is 12.2 Å². The first-order valence-corrected chi connectivity index (χ1v) is 4.41. The van der Waals surface area contributed by atoms with E-state index in [0.717, 1.165) is 5.92 Å². The van der Waals surface area contributed by atoms with Crippen LogP contribution in [0.4, 0.5) is 0 Å². The van der Waals surface area contributed by atoms with Gasteiger partial charge in [0.2, 0.25) is 0 Å². The maximum absolute atomic E-state index is 5.38. The van der Waals surface area contributed by atoms with Gasteiger partial charge in [0, 0.05) is 0 Å². The Morgan fingerprint density at radius 1 is 1.50 bits per heavy atom. The van der Waals surface area contributed by atoms with E-state index >= 15 is 0 Å². The summed E-state index contributed by atoms with van der Waals surface area (Å²) in [6.07, 6.45) is 5.14. The molecule has 0 aromatic rings. The van der Waals surface area contributed by atoms with Crippen LogP contribution in [0.25, 0.3) is 0 Å². The zero-order chi connectivity index (χ0) is 7.56. The van der Waals surface area contributed by atoms with Gasteiger partial charge >= 0.3 is 0 Å². The Morgan fingerprint density at radius 3 is 2.50 bits per heavy atom. The minimum Gasteiger partial charge on any atom is -0.370 e. The van der Waals surface area contributed by atoms with Crippen molar-refractivity contribution >= 4 is 0 Å². The van der Waals surface area contributed by atoms with Gasteiger partial charge in [0.25, 0.3) is 0 Å². The molecular formula is C9H18O. The Morgan fingerprint density at radius 2 is 2.10 bits per heavy atom. The zero-order valence-corrected chi connectivity index (χ0v) is 7.26. The molecule has 1 fully saturated rings. The van der Waals surface area contributed by atoms with Crippen molar-refractivity contribution in [1.82, 2.24) is 0 Å². The van der Waals surface area contributed by atoms with E-state index in [-0.39, 0.29) is 0 Å². The number of unbranched alkanes of at least 4 members (excludes halogenated alkanes) is 1. The van der Waals surface area contributed by atoms with Crippen molar-refractivity contribution in [3.8, 4) is 0 Å². The van der Waals surface area contributed by atoms with Crippen molar-refractivity contribution in [2.24, 2.45) is 5.92 Å². The predicted octanol–water partition coefficient (Wildman–Crippen LogP) is 2.60. The van der Waals surface area contributed by atoms with Gasteiger partial charge in [-0.3, -0.25) is 0 Å². The Kier molecular flexibility index (Phi) is 2.72. The summed E-state index contributed by atoms with van der Waals surface area (Å²) in [4.78, 5) is 0. The van der Waals surface area contributed by atoms with Gasteiger partial charge in [-0.05, 0) is 19.3 Å². The van der Waals surface area contributed by atoms with Crippen molar-refractivity contribution in [1.29, 1.82) is 0 Å². The number of epoxide rings is 1. The van der Waals surface area contributed by atoms with E-state index in [0.29, 0.717) is 12.2 Å². The maximum atomic E-state index is 5.38. The molecular weight excluding hydrogens is 124 g/mol. The SMILES string of the molecule is CCCCC(C)C1OC1C. The molecule has 10 heavy (non-hydrogen) atoms. The minimum atomic E-state index is 0.548. The van der Waals surface area contributed by atoms with Crippen molar-refractivity contribution in [2.75, 3.05) is 0 Å². The van der Waals surface area contributed by atoms with Crippen LogP contribution >= 0.6 is 0 Å². The van der Waals surface area contributed by atoms with Crippen molar-refractivity contribution in [3.05, 3.63) is 0 Å². The highest BCUT2D eigenvalue weighted by Crippen LogP contribution is 2.31. The smallest absolute Gasteiger partial charge is 0.0864 e. The fraction of sp³-hybridized carbons (Fsp3) is 1.00. The molecule has 0 amide bonds. The minimum absolute atomic E-state index is 0.548. The molecule has 0 aromatic carbocycles. The molecule has 0 N–H and O–H groups in total. The van der Waals surface area contributed by atoms with Crippen molar-refractivity contribution in [3.63, 3.8) is 0 Å². The second kappa shape index (κ2) is 3.38. The van der Waals surface area contributed by atoms with Crippen LogP contribution in [-0.2, 0) is 4.74 Å². The molecule has 1 heterocycles. The van der Waals surface area contributed by atoms with Gasteiger partial charge in [-0.1, -0.05) is 26.7 Å². The molecule has 1 aliphatic heterocycles. The quantitative estimate of drug-likeness (QED) is 0.550. The van der Waals surface area contributed by atoms with Crippen LogP contribution in [0.1, 0.15) is 40.0 Å². The maximum Gasteiger partial charge on any atom is 0.0864 e. The summed E-state index contributed by atoms with van der Waals surface area (Å²) < 4.78 is 5.38. The van der Waals surface area contributed by atoms with E-state index in [4.69, 9.17) is 4.74 Å². The highest BCUT2D eigenvalue weighted by atomic mass is 16.6. The number of rotatable bonds is 4. The lowest BCUT2D eigenvalue weighted by Crippen LogP contribution is -2.04. The van der Waals surface area contributed by atoms with E-state index in [1.807, 2.05) is 0 Å². The topological polar surface area (TPSA) is 12.5 Å². The molecule has 1 aliphatic rings. The average molecular weight is 142 g/mol. The molecule has 0 aromatic heterocycles. The van der Waals surface area contributed by atoms with Crippen LogP contribution < -0.4 is 0 Å². The molecule has 1 saturated heterocycles. The Bertz CT molecular complexity index is 101. The molecule has 1 heteroatoms. The van der Waals surface area contributed by atoms with Crippen LogP contribution in [0.2, 0.25) is 0 Å². The van der Waals surface area contributed by atoms with E-state index in [2.05, 4.69) is 20.8 Å². The summed E-state index contributed by atoms with van der Waals surface area (Å²) in [7, 11) is 0. The first kappa shape index (κ1) is 8.06. The molecule has 3 unspecified atom stereocenters. The van der Waals surface area contributed by atoms with E-state index in [1.54, 1.807) is 0 Å². The van der Waals surface area contributed by atoms with Gasteiger partial charge < -0.3 is 4.74 Å². The lowest BCUT2D eigenvalue weighted by molar-refractivity contribution is 0.316. The first-order chi connectivity index (χ1) is 4.75. The monoisotopic (exact) mass is 142 g/mol.